The molecule has 0 radical (unpaired) electrons. The summed E-state index contributed by atoms with van der Waals surface area (Å²) in [6, 6.07) is 12.7. The van der Waals surface area contributed by atoms with E-state index in [0.29, 0.717) is 5.92 Å². The maximum absolute atomic E-state index is 4.90. The van der Waals surface area contributed by atoms with Crippen molar-refractivity contribution in [3.8, 4) is 0 Å². The van der Waals surface area contributed by atoms with Crippen LogP contribution in [0.3, 0.4) is 0 Å². The molecule has 1 saturated carbocycles. The van der Waals surface area contributed by atoms with Crippen molar-refractivity contribution in [2.45, 2.75) is 51.1 Å². The van der Waals surface area contributed by atoms with Crippen LogP contribution in [0.5, 0.6) is 0 Å². The zero-order valence-corrected chi connectivity index (χ0v) is 14.0. The molecule has 1 aliphatic rings. The van der Waals surface area contributed by atoms with Gasteiger partial charge in [-0.25, -0.2) is 9.67 Å². The summed E-state index contributed by atoms with van der Waals surface area (Å²) < 4.78 is 4.11. The lowest BCUT2D eigenvalue weighted by atomic mass is 10.1. The quantitative estimate of drug-likeness (QED) is 0.668. The van der Waals surface area contributed by atoms with Gasteiger partial charge in [0, 0.05) is 24.9 Å². The fourth-order valence-electron chi connectivity index (χ4n) is 3.13. The molecule has 2 heterocycles. The highest BCUT2D eigenvalue weighted by atomic mass is 15.4. The van der Waals surface area contributed by atoms with Gasteiger partial charge in [0.1, 0.15) is 6.04 Å². The van der Waals surface area contributed by atoms with Crippen LogP contribution < -0.4 is 0 Å². The molecular weight excluding hydrogens is 298 g/mol. The van der Waals surface area contributed by atoms with Crippen molar-refractivity contribution in [2.24, 2.45) is 0 Å². The molecule has 0 N–H and O–H groups in total. The predicted octanol–water partition coefficient (Wildman–Crippen LogP) is 3.59. The normalized spacial score (nSPS) is 15.5. The molecule has 4 rings (SSSR count). The summed E-state index contributed by atoms with van der Waals surface area (Å²) in [4.78, 5) is 4.90. The molecular formula is C19H23N5. The third-order valence-corrected chi connectivity index (χ3v) is 4.64. The van der Waals surface area contributed by atoms with E-state index in [-0.39, 0.29) is 6.04 Å². The van der Waals surface area contributed by atoms with Crippen LogP contribution >= 0.6 is 0 Å². The Hall–Kier alpha value is -2.43. The van der Waals surface area contributed by atoms with Gasteiger partial charge in [0.2, 0.25) is 0 Å². The second-order valence-electron chi connectivity index (χ2n) is 6.47. The first kappa shape index (κ1) is 15.1. The van der Waals surface area contributed by atoms with E-state index >= 15 is 0 Å². The Morgan fingerprint density at radius 2 is 2.00 bits per heavy atom. The maximum Gasteiger partial charge on any atom is 0.154 e. The van der Waals surface area contributed by atoms with E-state index in [2.05, 4.69) is 47.0 Å². The minimum atomic E-state index is 0.149. The number of aryl methyl sites for hydroxylation is 2. The number of aromatic nitrogens is 5. The van der Waals surface area contributed by atoms with Gasteiger partial charge in [0.05, 0.1) is 0 Å². The predicted molar refractivity (Wildman–Crippen MR) is 92.8 cm³/mol. The minimum Gasteiger partial charge on any atom is -0.262 e. The van der Waals surface area contributed by atoms with Crippen LogP contribution in [0, 0.1) is 0 Å². The second-order valence-corrected chi connectivity index (χ2v) is 6.47. The van der Waals surface area contributed by atoms with E-state index in [4.69, 9.17) is 10.1 Å². The standard InChI is InChI=1S/C19H23N5/c1-2-17(23-13-6-12-20-23)19-21-18(16-9-10-16)22-24(19)14-11-15-7-4-3-5-8-15/h3-8,12-13,16-17H,2,9-11,14H2,1H3. The Morgan fingerprint density at radius 3 is 2.67 bits per heavy atom. The van der Waals surface area contributed by atoms with Gasteiger partial charge in [-0.05, 0) is 37.3 Å². The average Bonchev–Trinajstić information content (AvgIpc) is 3.17. The van der Waals surface area contributed by atoms with Crippen LogP contribution in [0.2, 0.25) is 0 Å². The lowest BCUT2D eigenvalue weighted by Crippen LogP contribution is -2.18. The molecule has 124 valence electrons. The molecule has 1 fully saturated rings. The van der Waals surface area contributed by atoms with E-state index in [1.807, 2.05) is 23.1 Å². The molecule has 0 amide bonds. The second kappa shape index (κ2) is 6.59. The van der Waals surface area contributed by atoms with Crippen molar-refractivity contribution in [3.05, 3.63) is 66.0 Å². The first-order valence-corrected chi connectivity index (χ1v) is 8.83. The monoisotopic (exact) mass is 321 g/mol. The number of hydrogen-bond acceptors (Lipinski definition) is 3. The van der Waals surface area contributed by atoms with Crippen LogP contribution in [-0.4, -0.2) is 24.5 Å². The molecule has 0 bridgehead atoms. The highest BCUT2D eigenvalue weighted by Crippen LogP contribution is 2.38. The van der Waals surface area contributed by atoms with Crippen LogP contribution in [0.1, 0.15) is 55.4 Å². The fourth-order valence-corrected chi connectivity index (χ4v) is 3.13. The Bertz CT molecular complexity index is 771. The molecule has 2 aromatic heterocycles. The van der Waals surface area contributed by atoms with Crippen LogP contribution in [0.25, 0.3) is 0 Å². The van der Waals surface area contributed by atoms with Crippen molar-refractivity contribution in [1.82, 2.24) is 24.5 Å². The Balaban J connectivity index is 1.62. The first-order chi connectivity index (χ1) is 11.8. The minimum absolute atomic E-state index is 0.149. The van der Waals surface area contributed by atoms with Crippen LogP contribution in [0.4, 0.5) is 0 Å². The number of benzene rings is 1. The van der Waals surface area contributed by atoms with Gasteiger partial charge in [0.25, 0.3) is 0 Å². The maximum atomic E-state index is 4.90. The molecule has 3 aromatic rings. The van der Waals surface area contributed by atoms with E-state index in [0.717, 1.165) is 31.0 Å². The Morgan fingerprint density at radius 1 is 1.17 bits per heavy atom. The van der Waals surface area contributed by atoms with E-state index in [1.165, 1.54) is 18.4 Å². The number of nitrogens with zero attached hydrogens (tertiary/aromatic N) is 5. The van der Waals surface area contributed by atoms with E-state index in [1.54, 1.807) is 0 Å². The Kier molecular flexibility index (Phi) is 4.15. The largest absolute Gasteiger partial charge is 0.262 e. The molecule has 24 heavy (non-hydrogen) atoms. The highest BCUT2D eigenvalue weighted by molar-refractivity contribution is 5.15. The first-order valence-electron chi connectivity index (χ1n) is 8.83. The van der Waals surface area contributed by atoms with Gasteiger partial charge < -0.3 is 0 Å². The van der Waals surface area contributed by atoms with Crippen LogP contribution in [-0.2, 0) is 13.0 Å². The van der Waals surface area contributed by atoms with Gasteiger partial charge in [-0.15, -0.1) is 0 Å². The summed E-state index contributed by atoms with van der Waals surface area (Å²) in [5.41, 5.74) is 1.33. The number of rotatable bonds is 7. The number of hydrogen-bond donors (Lipinski definition) is 0. The SMILES string of the molecule is CCC(c1nc(C2CC2)nn1CCc1ccccc1)n1cccn1. The molecule has 5 nitrogen and oxygen atoms in total. The van der Waals surface area contributed by atoms with Crippen molar-refractivity contribution in [3.63, 3.8) is 0 Å². The molecule has 1 aromatic carbocycles. The molecule has 0 spiro atoms. The zero-order valence-electron chi connectivity index (χ0n) is 14.0. The van der Waals surface area contributed by atoms with E-state index in [9.17, 15) is 0 Å². The molecule has 0 aliphatic heterocycles. The summed E-state index contributed by atoms with van der Waals surface area (Å²) in [5, 5.41) is 9.26. The molecule has 1 unspecified atom stereocenters. The zero-order chi connectivity index (χ0) is 16.4. The molecule has 5 heteroatoms. The Labute approximate surface area is 142 Å². The molecule has 1 atom stereocenters. The summed E-state index contributed by atoms with van der Waals surface area (Å²) in [6.07, 6.45) is 8.21. The third-order valence-electron chi connectivity index (χ3n) is 4.64. The lowest BCUT2D eigenvalue weighted by Gasteiger charge is -2.16. The van der Waals surface area contributed by atoms with Crippen molar-refractivity contribution >= 4 is 0 Å². The van der Waals surface area contributed by atoms with E-state index < -0.39 is 0 Å². The van der Waals surface area contributed by atoms with Gasteiger partial charge in [-0.2, -0.15) is 10.2 Å². The van der Waals surface area contributed by atoms with Crippen molar-refractivity contribution in [2.75, 3.05) is 0 Å². The van der Waals surface area contributed by atoms with Gasteiger partial charge >= 0.3 is 0 Å². The summed E-state index contributed by atoms with van der Waals surface area (Å²) >= 11 is 0. The third kappa shape index (κ3) is 3.11. The van der Waals surface area contributed by atoms with Crippen LogP contribution in [0.15, 0.2) is 48.8 Å². The molecule has 0 saturated heterocycles. The van der Waals surface area contributed by atoms with Gasteiger partial charge in [0.15, 0.2) is 11.6 Å². The fraction of sp³-hybridized carbons (Fsp3) is 0.421. The van der Waals surface area contributed by atoms with Crippen molar-refractivity contribution in [1.29, 1.82) is 0 Å². The van der Waals surface area contributed by atoms with Gasteiger partial charge in [-0.1, -0.05) is 37.3 Å². The van der Waals surface area contributed by atoms with Crippen molar-refractivity contribution < 1.29 is 0 Å². The average molecular weight is 321 g/mol. The molecule has 1 aliphatic carbocycles. The summed E-state index contributed by atoms with van der Waals surface area (Å²) in [6.45, 7) is 3.04. The lowest BCUT2D eigenvalue weighted by molar-refractivity contribution is 0.445. The summed E-state index contributed by atoms with van der Waals surface area (Å²) in [5.74, 6) is 2.62. The summed E-state index contributed by atoms with van der Waals surface area (Å²) in [7, 11) is 0. The highest BCUT2D eigenvalue weighted by Gasteiger charge is 2.30. The topological polar surface area (TPSA) is 48.5 Å². The smallest absolute Gasteiger partial charge is 0.154 e. The van der Waals surface area contributed by atoms with Gasteiger partial charge in [-0.3, -0.25) is 4.68 Å².